The average molecular weight is 179 g/mol. The Hall–Kier alpha value is -0.860. The van der Waals surface area contributed by atoms with E-state index in [2.05, 4.69) is 6.07 Å². The predicted molar refractivity (Wildman–Crippen MR) is 54.5 cm³/mol. The Morgan fingerprint density at radius 3 is 2.38 bits per heavy atom. The summed E-state index contributed by atoms with van der Waals surface area (Å²) in [7, 11) is 0. The highest BCUT2D eigenvalue weighted by atomic mass is 16.3. The largest absolute Gasteiger partial charge is 0.391 e. The summed E-state index contributed by atoms with van der Waals surface area (Å²) in [5.41, 5.74) is 9.24. The van der Waals surface area contributed by atoms with E-state index in [1.165, 1.54) is 5.56 Å². The number of rotatable bonds is 2. The van der Waals surface area contributed by atoms with Crippen molar-refractivity contribution in [1.82, 2.24) is 0 Å². The number of hydrogen-bond donors (Lipinski definition) is 2. The standard InChI is InChI=1S/C11H17NO/c1-7-4-5-10(8(2)6-7)11(12)9(3)13/h4-6,9,11,13H,12H2,1-3H3/t9?,11-/m1/s1. The predicted octanol–water partition coefficient (Wildman–Crippen LogP) is 1.68. The van der Waals surface area contributed by atoms with Crippen molar-refractivity contribution < 1.29 is 5.11 Å². The molecule has 1 aromatic rings. The van der Waals surface area contributed by atoms with E-state index in [1.807, 2.05) is 26.0 Å². The number of benzene rings is 1. The minimum atomic E-state index is -0.499. The molecule has 0 saturated carbocycles. The van der Waals surface area contributed by atoms with E-state index in [0.29, 0.717) is 0 Å². The number of aliphatic hydroxyl groups excluding tert-OH is 1. The molecule has 13 heavy (non-hydrogen) atoms. The Bertz CT molecular complexity index is 294. The molecule has 0 aliphatic carbocycles. The lowest BCUT2D eigenvalue weighted by Gasteiger charge is -2.17. The summed E-state index contributed by atoms with van der Waals surface area (Å²) in [5.74, 6) is 0. The van der Waals surface area contributed by atoms with E-state index < -0.39 is 6.10 Å². The summed E-state index contributed by atoms with van der Waals surface area (Å²) in [6.45, 7) is 5.78. The molecular formula is C11H17NO. The zero-order chi connectivity index (χ0) is 10.0. The van der Waals surface area contributed by atoms with Gasteiger partial charge in [0.25, 0.3) is 0 Å². The number of aryl methyl sites for hydroxylation is 2. The van der Waals surface area contributed by atoms with Gasteiger partial charge in [0.1, 0.15) is 0 Å². The fourth-order valence-electron chi connectivity index (χ4n) is 1.46. The summed E-state index contributed by atoms with van der Waals surface area (Å²) in [6, 6.07) is 5.81. The molecular weight excluding hydrogens is 162 g/mol. The second-order valence-electron chi connectivity index (χ2n) is 3.63. The molecule has 0 saturated heterocycles. The Morgan fingerprint density at radius 1 is 1.31 bits per heavy atom. The third kappa shape index (κ3) is 2.29. The van der Waals surface area contributed by atoms with Gasteiger partial charge in [-0.2, -0.15) is 0 Å². The van der Waals surface area contributed by atoms with Gasteiger partial charge in [-0.3, -0.25) is 0 Å². The summed E-state index contributed by atoms with van der Waals surface area (Å²) in [5, 5.41) is 9.34. The lowest BCUT2D eigenvalue weighted by molar-refractivity contribution is 0.164. The molecule has 2 atom stereocenters. The van der Waals surface area contributed by atoms with Crippen LogP contribution in [0.2, 0.25) is 0 Å². The highest BCUT2D eigenvalue weighted by Crippen LogP contribution is 2.19. The van der Waals surface area contributed by atoms with Crippen molar-refractivity contribution in [2.75, 3.05) is 0 Å². The maximum Gasteiger partial charge on any atom is 0.0704 e. The lowest BCUT2D eigenvalue weighted by Crippen LogP contribution is -2.23. The summed E-state index contributed by atoms with van der Waals surface area (Å²) in [4.78, 5) is 0. The van der Waals surface area contributed by atoms with Crippen LogP contribution in [0.1, 0.15) is 29.7 Å². The minimum absolute atomic E-state index is 0.277. The Balaban J connectivity index is 3.01. The molecule has 2 nitrogen and oxygen atoms in total. The fraction of sp³-hybridized carbons (Fsp3) is 0.455. The molecule has 0 aliphatic heterocycles. The van der Waals surface area contributed by atoms with Crippen molar-refractivity contribution in [1.29, 1.82) is 0 Å². The van der Waals surface area contributed by atoms with Crippen LogP contribution in [0.3, 0.4) is 0 Å². The van der Waals surface area contributed by atoms with Crippen molar-refractivity contribution in [2.45, 2.75) is 32.9 Å². The molecule has 3 N–H and O–H groups in total. The van der Waals surface area contributed by atoms with E-state index in [-0.39, 0.29) is 6.04 Å². The molecule has 0 bridgehead atoms. The van der Waals surface area contributed by atoms with Gasteiger partial charge in [-0.25, -0.2) is 0 Å². The molecule has 0 aromatic heterocycles. The number of aliphatic hydroxyl groups is 1. The second-order valence-corrected chi connectivity index (χ2v) is 3.63. The smallest absolute Gasteiger partial charge is 0.0704 e. The van der Waals surface area contributed by atoms with Gasteiger partial charge in [0, 0.05) is 0 Å². The van der Waals surface area contributed by atoms with E-state index in [9.17, 15) is 5.11 Å². The first-order valence-electron chi connectivity index (χ1n) is 4.53. The van der Waals surface area contributed by atoms with Gasteiger partial charge in [0.15, 0.2) is 0 Å². The van der Waals surface area contributed by atoms with Gasteiger partial charge in [-0.05, 0) is 31.9 Å². The van der Waals surface area contributed by atoms with Crippen LogP contribution in [0, 0.1) is 13.8 Å². The number of hydrogen-bond acceptors (Lipinski definition) is 2. The normalized spacial score (nSPS) is 15.5. The van der Waals surface area contributed by atoms with Crippen LogP contribution in [0.25, 0.3) is 0 Å². The fourth-order valence-corrected chi connectivity index (χ4v) is 1.46. The van der Waals surface area contributed by atoms with Crippen LogP contribution in [0.4, 0.5) is 0 Å². The monoisotopic (exact) mass is 179 g/mol. The molecule has 0 heterocycles. The first-order valence-corrected chi connectivity index (χ1v) is 4.53. The molecule has 72 valence electrons. The maximum atomic E-state index is 9.34. The van der Waals surface area contributed by atoms with Crippen molar-refractivity contribution in [3.8, 4) is 0 Å². The van der Waals surface area contributed by atoms with Crippen LogP contribution in [-0.2, 0) is 0 Å². The molecule has 1 unspecified atom stereocenters. The van der Waals surface area contributed by atoms with Crippen molar-refractivity contribution in [2.24, 2.45) is 5.73 Å². The zero-order valence-corrected chi connectivity index (χ0v) is 8.41. The average Bonchev–Trinajstić information content (AvgIpc) is 2.03. The molecule has 1 aromatic carbocycles. The van der Waals surface area contributed by atoms with Gasteiger partial charge in [0.2, 0.25) is 0 Å². The molecule has 1 rings (SSSR count). The van der Waals surface area contributed by atoms with Crippen molar-refractivity contribution in [3.63, 3.8) is 0 Å². The molecule has 0 fully saturated rings. The summed E-state index contributed by atoms with van der Waals surface area (Å²) >= 11 is 0. The highest BCUT2D eigenvalue weighted by molar-refractivity contribution is 5.33. The van der Waals surface area contributed by atoms with E-state index >= 15 is 0 Å². The van der Waals surface area contributed by atoms with Gasteiger partial charge in [-0.1, -0.05) is 23.8 Å². The Labute approximate surface area is 79.4 Å². The molecule has 2 heteroatoms. The van der Waals surface area contributed by atoms with E-state index in [1.54, 1.807) is 6.92 Å². The van der Waals surface area contributed by atoms with Crippen molar-refractivity contribution >= 4 is 0 Å². The van der Waals surface area contributed by atoms with Gasteiger partial charge < -0.3 is 10.8 Å². The topological polar surface area (TPSA) is 46.2 Å². The SMILES string of the molecule is Cc1ccc([C@H](N)C(C)O)c(C)c1. The first-order chi connectivity index (χ1) is 6.02. The van der Waals surface area contributed by atoms with Crippen LogP contribution in [-0.4, -0.2) is 11.2 Å². The van der Waals surface area contributed by atoms with Crippen LogP contribution in [0.5, 0.6) is 0 Å². The molecule has 0 aliphatic rings. The van der Waals surface area contributed by atoms with Crippen LogP contribution in [0.15, 0.2) is 18.2 Å². The zero-order valence-electron chi connectivity index (χ0n) is 8.41. The molecule has 0 spiro atoms. The molecule has 0 radical (unpaired) electrons. The highest BCUT2D eigenvalue weighted by Gasteiger charge is 2.13. The van der Waals surface area contributed by atoms with Gasteiger partial charge in [-0.15, -0.1) is 0 Å². The van der Waals surface area contributed by atoms with Gasteiger partial charge in [0.05, 0.1) is 12.1 Å². The van der Waals surface area contributed by atoms with Crippen LogP contribution < -0.4 is 5.73 Å². The Morgan fingerprint density at radius 2 is 1.92 bits per heavy atom. The Kier molecular flexibility index (Phi) is 3.07. The third-order valence-corrected chi connectivity index (χ3v) is 2.30. The lowest BCUT2D eigenvalue weighted by atomic mass is 9.97. The van der Waals surface area contributed by atoms with E-state index in [4.69, 9.17) is 5.73 Å². The maximum absolute atomic E-state index is 9.34. The minimum Gasteiger partial charge on any atom is -0.391 e. The summed E-state index contributed by atoms with van der Waals surface area (Å²) < 4.78 is 0. The molecule has 0 amide bonds. The van der Waals surface area contributed by atoms with Crippen LogP contribution >= 0.6 is 0 Å². The van der Waals surface area contributed by atoms with E-state index in [0.717, 1.165) is 11.1 Å². The number of nitrogens with two attached hydrogens (primary N) is 1. The second kappa shape index (κ2) is 3.90. The quantitative estimate of drug-likeness (QED) is 0.725. The van der Waals surface area contributed by atoms with Gasteiger partial charge >= 0.3 is 0 Å². The third-order valence-electron chi connectivity index (χ3n) is 2.30. The van der Waals surface area contributed by atoms with Crippen molar-refractivity contribution in [3.05, 3.63) is 34.9 Å². The summed E-state index contributed by atoms with van der Waals surface area (Å²) in [6.07, 6.45) is -0.499. The first kappa shape index (κ1) is 10.2.